The zero-order chi connectivity index (χ0) is 31.5. The molecule has 13 heteroatoms. The molecule has 3 aliphatic carbocycles. The van der Waals surface area contributed by atoms with Crippen LogP contribution in [0.3, 0.4) is 0 Å². The molecule has 0 heterocycles. The van der Waals surface area contributed by atoms with E-state index in [9.17, 15) is 44.4 Å². The molecular weight excluding hydrogens is 574 g/mol. The molecule has 232 valence electrons. The topological polar surface area (TPSA) is 217 Å². The van der Waals surface area contributed by atoms with Crippen LogP contribution in [-0.2, 0) is 35.1 Å². The molecule has 0 unspecified atom stereocenters. The lowest BCUT2D eigenvalue weighted by molar-refractivity contribution is -0.153. The summed E-state index contributed by atoms with van der Waals surface area (Å²) in [5, 5.41) is 47.3. The quantitative estimate of drug-likeness (QED) is 0.166. The van der Waals surface area contributed by atoms with Gasteiger partial charge >= 0.3 is 11.9 Å². The van der Waals surface area contributed by atoms with E-state index in [1.807, 2.05) is 0 Å². The highest BCUT2D eigenvalue weighted by molar-refractivity contribution is 6.37. The number of aromatic hydroxyl groups is 1. The van der Waals surface area contributed by atoms with Gasteiger partial charge in [-0.25, -0.2) is 4.79 Å². The number of methoxy groups -OCH3 is 1. The molecule has 13 nitrogen and oxygen atoms in total. The van der Waals surface area contributed by atoms with E-state index in [4.69, 9.17) is 5.73 Å². The third-order valence-electron chi connectivity index (χ3n) is 8.43. The van der Waals surface area contributed by atoms with Crippen LogP contribution in [0.25, 0.3) is 16.9 Å². The van der Waals surface area contributed by atoms with Crippen LogP contribution in [0.5, 0.6) is 5.75 Å². The van der Waals surface area contributed by atoms with Gasteiger partial charge in [-0.05, 0) is 67.7 Å². The number of ether oxygens (including phenoxy) is 1. The van der Waals surface area contributed by atoms with Gasteiger partial charge in [0, 0.05) is 17.2 Å². The Labute approximate surface area is 252 Å². The van der Waals surface area contributed by atoms with Crippen molar-refractivity contribution >= 4 is 40.8 Å². The number of esters is 1. The maximum Gasteiger partial charge on any atom is 0.396 e. The number of rotatable bonds is 4. The molecule has 2 aromatic rings. The molecule has 2 aromatic carbocycles. The first-order valence-electron chi connectivity index (χ1n) is 13.2. The van der Waals surface area contributed by atoms with E-state index in [2.05, 4.69) is 10.1 Å². The number of hydrogen-bond acceptors (Lipinski definition) is 11. The van der Waals surface area contributed by atoms with Crippen molar-refractivity contribution < 1.29 is 49.1 Å². The molecule has 5 rings (SSSR count). The number of nitrogens with two attached hydrogens (primary N) is 1. The normalized spacial score (nSPS) is 24.2. The van der Waals surface area contributed by atoms with Crippen molar-refractivity contribution in [3.63, 3.8) is 0 Å². The van der Waals surface area contributed by atoms with Gasteiger partial charge in [-0.3, -0.25) is 24.1 Å². The average molecular weight is 608 g/mol. The number of hydrogen-bond donors (Lipinski definition) is 6. The molecule has 4 atom stereocenters. The smallest absolute Gasteiger partial charge is 0.396 e. The summed E-state index contributed by atoms with van der Waals surface area (Å²) in [5.74, 6) is -9.26. The number of ketones is 2. The van der Waals surface area contributed by atoms with Crippen LogP contribution in [-0.4, -0.2) is 87.5 Å². The molecule has 1 saturated carbocycles. The van der Waals surface area contributed by atoms with Gasteiger partial charge in [0.1, 0.15) is 22.8 Å². The lowest BCUT2D eigenvalue weighted by Gasteiger charge is -2.50. The van der Waals surface area contributed by atoms with E-state index in [0.29, 0.717) is 22.4 Å². The number of nitrogens with one attached hydrogen (secondary N) is 1. The number of carbonyl (C=O) groups is 5. The largest absolute Gasteiger partial charge is 0.508 e. The van der Waals surface area contributed by atoms with E-state index in [1.54, 1.807) is 30.3 Å². The van der Waals surface area contributed by atoms with Crippen LogP contribution in [0.1, 0.15) is 25.0 Å². The first kappa shape index (κ1) is 31.9. The molecule has 0 radical (unpaired) electrons. The second kappa shape index (κ2) is 11.2. The van der Waals surface area contributed by atoms with Crippen LogP contribution in [0, 0.1) is 11.8 Å². The van der Waals surface area contributed by atoms with Crippen LogP contribution >= 0.6 is 0 Å². The van der Waals surface area contributed by atoms with Crippen molar-refractivity contribution in [1.82, 2.24) is 4.90 Å². The van der Waals surface area contributed by atoms with Gasteiger partial charge in [0.25, 0.3) is 5.91 Å². The molecule has 0 aromatic heterocycles. The highest BCUT2D eigenvalue weighted by Crippen LogP contribution is 2.53. The number of anilines is 1. The SMILES string of the molecule is C.COC(=O)C(=O)Nc1ccc(-c2ccc(O)c3c2C[C@H]2C[C@H]4[C@H](N(C)C)C(=O)C(C(N)=O)=C(O)[C@@]4(O)C(=O)C2=C3O)cc1. The predicted molar refractivity (Wildman–Crippen MR) is 157 cm³/mol. The van der Waals surface area contributed by atoms with Crippen molar-refractivity contribution in [2.75, 3.05) is 26.5 Å². The fourth-order valence-electron chi connectivity index (χ4n) is 6.52. The summed E-state index contributed by atoms with van der Waals surface area (Å²) < 4.78 is 4.40. The number of amides is 2. The minimum Gasteiger partial charge on any atom is -0.508 e. The second-order valence-electron chi connectivity index (χ2n) is 11.0. The summed E-state index contributed by atoms with van der Waals surface area (Å²) in [6, 6.07) is 8.15. The summed E-state index contributed by atoms with van der Waals surface area (Å²) in [4.78, 5) is 64.0. The van der Waals surface area contributed by atoms with E-state index in [-0.39, 0.29) is 37.2 Å². The predicted octanol–water partition coefficient (Wildman–Crippen LogP) is 1.38. The van der Waals surface area contributed by atoms with Crippen LogP contribution in [0.2, 0.25) is 0 Å². The van der Waals surface area contributed by atoms with Crippen molar-refractivity contribution in [3.8, 4) is 16.9 Å². The number of primary amides is 1. The number of aliphatic hydroxyl groups is 3. The van der Waals surface area contributed by atoms with Crippen LogP contribution in [0.4, 0.5) is 5.69 Å². The summed E-state index contributed by atoms with van der Waals surface area (Å²) in [5.41, 5.74) is 3.46. The number of fused-ring (bicyclic) bond motifs is 3. The molecule has 3 aliphatic rings. The summed E-state index contributed by atoms with van der Waals surface area (Å²) >= 11 is 0. The monoisotopic (exact) mass is 607 g/mol. The van der Waals surface area contributed by atoms with Gasteiger partial charge in [-0.2, -0.15) is 0 Å². The molecule has 44 heavy (non-hydrogen) atoms. The van der Waals surface area contributed by atoms with Crippen LogP contribution in [0.15, 0.2) is 53.3 Å². The van der Waals surface area contributed by atoms with Gasteiger partial charge in [0.2, 0.25) is 5.78 Å². The van der Waals surface area contributed by atoms with E-state index in [0.717, 1.165) is 7.11 Å². The lowest BCUT2D eigenvalue weighted by Crippen LogP contribution is -2.65. The van der Waals surface area contributed by atoms with E-state index < -0.39 is 69.9 Å². The average Bonchev–Trinajstić information content (AvgIpc) is 2.94. The number of aliphatic hydroxyl groups excluding tert-OH is 2. The third kappa shape index (κ3) is 4.61. The van der Waals surface area contributed by atoms with E-state index >= 15 is 0 Å². The summed E-state index contributed by atoms with van der Waals surface area (Å²) in [6.45, 7) is 0. The molecule has 0 saturated heterocycles. The minimum absolute atomic E-state index is 0. The summed E-state index contributed by atoms with van der Waals surface area (Å²) in [7, 11) is 4.14. The fraction of sp³-hybridized carbons (Fsp3) is 0.323. The number of nitrogens with zero attached hydrogens (tertiary/aromatic N) is 1. The van der Waals surface area contributed by atoms with E-state index in [1.165, 1.54) is 25.1 Å². The van der Waals surface area contributed by atoms with Gasteiger partial charge in [0.15, 0.2) is 11.4 Å². The molecule has 2 amide bonds. The van der Waals surface area contributed by atoms with Gasteiger partial charge < -0.3 is 36.2 Å². The molecule has 1 fully saturated rings. The van der Waals surface area contributed by atoms with Crippen molar-refractivity contribution in [2.45, 2.75) is 31.9 Å². The number of carbonyl (C=O) groups excluding carboxylic acids is 5. The Balaban J connectivity index is 0.00000442. The van der Waals surface area contributed by atoms with Gasteiger partial charge in [-0.1, -0.05) is 25.6 Å². The molecule has 7 N–H and O–H groups in total. The Morgan fingerprint density at radius 1 is 1.05 bits per heavy atom. The first-order valence-corrected chi connectivity index (χ1v) is 13.2. The first-order chi connectivity index (χ1) is 20.2. The maximum atomic E-state index is 14.0. The van der Waals surface area contributed by atoms with Crippen LogP contribution < -0.4 is 11.1 Å². The third-order valence-corrected chi connectivity index (χ3v) is 8.43. The highest BCUT2D eigenvalue weighted by Gasteiger charge is 2.64. The molecular formula is C31H33N3O10. The Morgan fingerprint density at radius 3 is 2.25 bits per heavy atom. The highest BCUT2D eigenvalue weighted by atomic mass is 16.5. The number of Topliss-reactive ketones (excluding diaryl/α,β-unsaturated/α-hetero) is 2. The standard InChI is InChI=1S/C30H29N3O10.CH4/c1-33(2)22-17-11-13-10-16-15(12-4-6-14(7-5-12)32-28(40)29(41)43-3)8-9-18(34)20(16)23(35)19(13)25(37)30(17,42)26(38)21(24(22)36)27(31)39;/h4-9,13,17,22,34-35,38,42H,10-11H2,1-3H3,(H2,31,39)(H,32,40);1H4/t13-,17-,22-,30-;/m0./s1. The van der Waals surface area contributed by atoms with Gasteiger partial charge in [-0.15, -0.1) is 0 Å². The second-order valence-corrected chi connectivity index (χ2v) is 11.0. The van der Waals surface area contributed by atoms with Crippen molar-refractivity contribution in [3.05, 3.63) is 64.4 Å². The number of likely N-dealkylation sites (N-methyl/N-ethyl adjacent to an activating group) is 1. The Bertz CT molecular complexity index is 1670. The Morgan fingerprint density at radius 2 is 1.68 bits per heavy atom. The summed E-state index contributed by atoms with van der Waals surface area (Å²) in [6.07, 6.45) is 0.0679. The number of benzene rings is 2. The zero-order valence-corrected chi connectivity index (χ0v) is 23.4. The van der Waals surface area contributed by atoms with Gasteiger partial charge in [0.05, 0.1) is 18.7 Å². The van der Waals surface area contributed by atoms with Crippen molar-refractivity contribution in [1.29, 1.82) is 0 Å². The number of phenolic OH excluding ortho intramolecular Hbond substituents is 1. The zero-order valence-electron chi connectivity index (χ0n) is 23.4. The lowest BCUT2D eigenvalue weighted by atomic mass is 9.57. The number of phenols is 1. The van der Waals surface area contributed by atoms with Crippen molar-refractivity contribution in [2.24, 2.45) is 17.6 Å². The molecule has 0 spiro atoms. The molecule has 0 bridgehead atoms. The Kier molecular flexibility index (Phi) is 8.16. The minimum atomic E-state index is -2.72. The Hall–Kier alpha value is -5.01. The molecule has 0 aliphatic heterocycles. The maximum absolute atomic E-state index is 14.0. The fourth-order valence-corrected chi connectivity index (χ4v) is 6.52.